The van der Waals surface area contributed by atoms with E-state index in [9.17, 15) is 19.7 Å². The van der Waals surface area contributed by atoms with Crippen molar-refractivity contribution in [3.63, 3.8) is 0 Å². The van der Waals surface area contributed by atoms with E-state index < -0.39 is 22.0 Å². The second kappa shape index (κ2) is 7.63. The van der Waals surface area contributed by atoms with Crippen LogP contribution in [0.3, 0.4) is 0 Å². The van der Waals surface area contributed by atoms with Crippen LogP contribution in [0, 0.1) is 10.1 Å². The Labute approximate surface area is 156 Å². The fourth-order valence-corrected chi connectivity index (χ4v) is 3.10. The van der Waals surface area contributed by atoms with Crippen LogP contribution >= 0.6 is 23.4 Å². The van der Waals surface area contributed by atoms with E-state index >= 15 is 0 Å². The van der Waals surface area contributed by atoms with Crippen LogP contribution in [0.5, 0.6) is 5.75 Å². The van der Waals surface area contributed by atoms with Crippen molar-refractivity contribution >= 4 is 46.5 Å². The summed E-state index contributed by atoms with van der Waals surface area (Å²) >= 11 is 6.52. The van der Waals surface area contributed by atoms with Gasteiger partial charge in [-0.1, -0.05) is 11.6 Å². The molecule has 2 aromatic rings. The van der Waals surface area contributed by atoms with Crippen LogP contribution in [-0.2, 0) is 4.79 Å². The number of imide groups is 1. The van der Waals surface area contributed by atoms with E-state index in [4.69, 9.17) is 20.8 Å². The minimum atomic E-state index is -0.683. The molecule has 0 N–H and O–H groups in total. The minimum absolute atomic E-state index is 0.0724. The third-order valence-corrected chi connectivity index (χ3v) is 4.50. The van der Waals surface area contributed by atoms with Crippen LogP contribution in [0.15, 0.2) is 45.7 Å². The Morgan fingerprint density at radius 2 is 1.96 bits per heavy atom. The summed E-state index contributed by atoms with van der Waals surface area (Å²) in [5.41, 5.74) is 0. The van der Waals surface area contributed by atoms with Crippen LogP contribution in [0.25, 0.3) is 6.08 Å². The van der Waals surface area contributed by atoms with Gasteiger partial charge in [0.2, 0.25) is 0 Å². The Kier molecular flexibility index (Phi) is 5.29. The van der Waals surface area contributed by atoms with Gasteiger partial charge in [0.15, 0.2) is 0 Å². The number of ether oxygens (including phenoxy) is 1. The Bertz CT molecular complexity index is 892. The topological polar surface area (TPSA) is 103 Å². The van der Waals surface area contributed by atoms with Gasteiger partial charge in [0.25, 0.3) is 11.1 Å². The lowest BCUT2D eigenvalue weighted by atomic mass is 10.3. The van der Waals surface area contributed by atoms with Crippen molar-refractivity contribution in [1.82, 2.24) is 4.90 Å². The fraction of sp³-hybridized carbons (Fsp3) is 0.125. The molecule has 3 rings (SSSR count). The largest absolute Gasteiger partial charge is 0.492 e. The van der Waals surface area contributed by atoms with Crippen molar-refractivity contribution in [2.45, 2.75) is 0 Å². The molecule has 1 aromatic heterocycles. The molecule has 134 valence electrons. The zero-order chi connectivity index (χ0) is 18.7. The van der Waals surface area contributed by atoms with Crippen molar-refractivity contribution in [3.8, 4) is 5.75 Å². The third-order valence-electron chi connectivity index (χ3n) is 3.34. The van der Waals surface area contributed by atoms with Crippen LogP contribution < -0.4 is 4.74 Å². The number of benzene rings is 1. The summed E-state index contributed by atoms with van der Waals surface area (Å²) in [4.78, 5) is 35.4. The number of hydrogen-bond acceptors (Lipinski definition) is 7. The molecule has 2 heterocycles. The number of hydrogen-bond donors (Lipinski definition) is 0. The first-order valence-corrected chi connectivity index (χ1v) is 8.51. The molecule has 1 aliphatic heterocycles. The average molecular weight is 395 g/mol. The standard InChI is InChI=1S/C16H11ClN2O6S/c17-10-1-3-11(4-2-10)24-8-7-18-15(20)13(26-16(18)21)9-12-5-6-14(25-12)19(22)23/h1-6,9H,7-8H2/b13-9-. The summed E-state index contributed by atoms with van der Waals surface area (Å²) in [7, 11) is 0. The Hall–Kier alpha value is -2.78. The summed E-state index contributed by atoms with van der Waals surface area (Å²) < 4.78 is 10.4. The number of carbonyl (C=O) groups is 2. The number of nitro groups is 1. The van der Waals surface area contributed by atoms with Crippen molar-refractivity contribution in [2.75, 3.05) is 13.2 Å². The SMILES string of the molecule is O=C1S/C(=C\c2ccc([N+](=O)[O-])o2)C(=O)N1CCOc1ccc(Cl)cc1. The molecule has 0 atom stereocenters. The first kappa shape index (κ1) is 18.0. The lowest BCUT2D eigenvalue weighted by molar-refractivity contribution is -0.402. The predicted molar refractivity (Wildman–Crippen MR) is 95.0 cm³/mol. The first-order chi connectivity index (χ1) is 12.4. The van der Waals surface area contributed by atoms with Gasteiger partial charge in [0, 0.05) is 11.1 Å². The zero-order valence-electron chi connectivity index (χ0n) is 13.1. The third kappa shape index (κ3) is 4.06. The van der Waals surface area contributed by atoms with Gasteiger partial charge in [-0.15, -0.1) is 0 Å². The molecule has 1 aromatic carbocycles. The molecular weight excluding hydrogens is 384 g/mol. The van der Waals surface area contributed by atoms with E-state index in [1.165, 1.54) is 18.2 Å². The maximum absolute atomic E-state index is 12.3. The van der Waals surface area contributed by atoms with Crippen molar-refractivity contribution in [2.24, 2.45) is 0 Å². The van der Waals surface area contributed by atoms with Gasteiger partial charge >= 0.3 is 5.88 Å². The number of amides is 2. The number of furan rings is 1. The van der Waals surface area contributed by atoms with Crippen LogP contribution in [0.4, 0.5) is 10.7 Å². The maximum Gasteiger partial charge on any atom is 0.433 e. The molecule has 8 nitrogen and oxygen atoms in total. The van der Waals surface area contributed by atoms with Crippen molar-refractivity contribution in [1.29, 1.82) is 0 Å². The number of thioether (sulfide) groups is 1. The highest BCUT2D eigenvalue weighted by Gasteiger charge is 2.35. The molecule has 0 saturated carbocycles. The highest BCUT2D eigenvalue weighted by atomic mass is 35.5. The maximum atomic E-state index is 12.3. The average Bonchev–Trinajstić information content (AvgIpc) is 3.17. The van der Waals surface area contributed by atoms with Gasteiger partial charge in [0.05, 0.1) is 17.5 Å². The highest BCUT2D eigenvalue weighted by molar-refractivity contribution is 8.18. The molecule has 0 aliphatic carbocycles. The first-order valence-electron chi connectivity index (χ1n) is 7.32. The monoisotopic (exact) mass is 394 g/mol. The summed E-state index contributed by atoms with van der Waals surface area (Å²) in [6.45, 7) is 0.197. The smallest absolute Gasteiger partial charge is 0.433 e. The second-order valence-electron chi connectivity index (χ2n) is 5.07. The number of halogens is 1. The van der Waals surface area contributed by atoms with Gasteiger partial charge in [-0.25, -0.2) is 0 Å². The number of carbonyl (C=O) groups excluding carboxylic acids is 2. The molecule has 0 unspecified atom stereocenters. The van der Waals surface area contributed by atoms with E-state index in [2.05, 4.69) is 0 Å². The molecule has 0 radical (unpaired) electrons. The van der Waals surface area contributed by atoms with Crippen molar-refractivity contribution in [3.05, 3.63) is 62.2 Å². The van der Waals surface area contributed by atoms with Gasteiger partial charge < -0.3 is 9.15 Å². The normalized spacial score (nSPS) is 15.7. The van der Waals surface area contributed by atoms with Crippen LogP contribution in [0.2, 0.25) is 5.02 Å². The number of rotatable bonds is 6. The Balaban J connectivity index is 1.61. The molecule has 1 aliphatic rings. The van der Waals surface area contributed by atoms with Gasteiger partial charge in [-0.05, 0) is 42.1 Å². The lowest BCUT2D eigenvalue weighted by Crippen LogP contribution is -2.32. The summed E-state index contributed by atoms with van der Waals surface area (Å²) in [5, 5.41) is 10.7. The molecule has 10 heteroatoms. The molecule has 26 heavy (non-hydrogen) atoms. The van der Waals surface area contributed by atoms with E-state index in [0.717, 1.165) is 16.7 Å². The highest BCUT2D eigenvalue weighted by Crippen LogP contribution is 2.32. The molecule has 1 fully saturated rings. The molecule has 0 spiro atoms. The summed E-state index contributed by atoms with van der Waals surface area (Å²) in [6.07, 6.45) is 1.30. The van der Waals surface area contributed by atoms with E-state index in [-0.39, 0.29) is 23.8 Å². The van der Waals surface area contributed by atoms with E-state index in [1.54, 1.807) is 24.3 Å². The van der Waals surface area contributed by atoms with Crippen molar-refractivity contribution < 1.29 is 23.7 Å². The zero-order valence-corrected chi connectivity index (χ0v) is 14.7. The number of nitrogens with zero attached hydrogens (tertiary/aromatic N) is 2. The quantitative estimate of drug-likeness (QED) is 0.415. The van der Waals surface area contributed by atoms with Gasteiger partial charge in [-0.2, -0.15) is 0 Å². The molecule has 0 bridgehead atoms. The molecular formula is C16H11ClN2O6S. The van der Waals surface area contributed by atoms with E-state index in [1.807, 2.05) is 0 Å². The minimum Gasteiger partial charge on any atom is -0.492 e. The van der Waals surface area contributed by atoms with Gasteiger partial charge in [0.1, 0.15) is 23.0 Å². The summed E-state index contributed by atoms with van der Waals surface area (Å²) in [5.74, 6) is -0.245. The summed E-state index contributed by atoms with van der Waals surface area (Å²) in [6, 6.07) is 9.23. The Morgan fingerprint density at radius 3 is 2.62 bits per heavy atom. The molecule has 2 amide bonds. The van der Waals surface area contributed by atoms with Crippen LogP contribution in [0.1, 0.15) is 5.76 Å². The van der Waals surface area contributed by atoms with E-state index in [0.29, 0.717) is 10.8 Å². The Morgan fingerprint density at radius 1 is 1.23 bits per heavy atom. The van der Waals surface area contributed by atoms with Crippen LogP contribution in [-0.4, -0.2) is 34.1 Å². The molecule has 1 saturated heterocycles. The fourth-order valence-electron chi connectivity index (χ4n) is 2.13. The second-order valence-corrected chi connectivity index (χ2v) is 6.50. The lowest BCUT2D eigenvalue weighted by Gasteiger charge is -2.13. The predicted octanol–water partition coefficient (Wildman–Crippen LogP) is 3.96. The van der Waals surface area contributed by atoms with Gasteiger partial charge in [-0.3, -0.25) is 24.6 Å².